The summed E-state index contributed by atoms with van der Waals surface area (Å²) in [7, 11) is 0. The fourth-order valence-electron chi connectivity index (χ4n) is 0.224. The highest BCUT2D eigenvalue weighted by Gasteiger charge is 2.04. The molecule has 0 N–H and O–H groups in total. The topological polar surface area (TPSA) is 78.7 Å². The fourth-order valence-corrected chi connectivity index (χ4v) is 0.224. The highest BCUT2D eigenvalue weighted by molar-refractivity contribution is 5.36. The minimum atomic E-state index is -1.13. The van der Waals surface area contributed by atoms with Gasteiger partial charge in [-0.2, -0.15) is 0 Å². The first kappa shape index (κ1) is 7.67. The van der Waals surface area contributed by atoms with Gasteiger partial charge in [-0.25, -0.2) is 0 Å². The number of nitrogens with zero attached hydrogens (tertiary/aromatic N) is 1. The van der Waals surface area contributed by atoms with Gasteiger partial charge in [0, 0.05) is 0 Å². The van der Waals surface area contributed by atoms with E-state index < -0.39 is 11.4 Å². The second kappa shape index (κ2) is 3.65. The van der Waals surface area contributed by atoms with E-state index >= 15 is 0 Å². The van der Waals surface area contributed by atoms with Crippen LogP contribution in [0.4, 0.5) is 0 Å². The Balaban J connectivity index is 3.37. The molecule has 9 heavy (non-hydrogen) atoms. The van der Waals surface area contributed by atoms with Crippen molar-refractivity contribution in [3.05, 3.63) is 10.1 Å². The number of ether oxygens (including phenoxy) is 1. The number of hydrogen-bond acceptors (Lipinski definition) is 5. The lowest BCUT2D eigenvalue weighted by Crippen LogP contribution is -2.15. The lowest BCUT2D eigenvalue weighted by Gasteiger charge is -2.04. The lowest BCUT2D eigenvalue weighted by atomic mass is 10.8. The molecular weight excluding hydrogens is 130 g/mol. The Morgan fingerprint density at radius 1 is 1.78 bits per heavy atom. The van der Waals surface area contributed by atoms with Gasteiger partial charge in [0.05, 0.1) is 0 Å². The lowest BCUT2D eigenvalue weighted by molar-refractivity contribution is -0.777. The molecule has 6 nitrogen and oxygen atoms in total. The van der Waals surface area contributed by atoms with E-state index in [4.69, 9.17) is 0 Å². The van der Waals surface area contributed by atoms with Gasteiger partial charge in [0.25, 0.3) is 11.6 Å². The van der Waals surface area contributed by atoms with E-state index in [2.05, 4.69) is 9.57 Å². The maximum Gasteiger partial charge on any atom is 0.298 e. The minimum absolute atomic E-state index is 0.0775. The van der Waals surface area contributed by atoms with Gasteiger partial charge in [0.15, 0.2) is 0 Å². The normalized spacial score (nSPS) is 11.7. The van der Waals surface area contributed by atoms with Crippen LogP contribution in [0.5, 0.6) is 0 Å². The number of hydrogen-bond donors (Lipinski definition) is 0. The van der Waals surface area contributed by atoms with Crippen molar-refractivity contribution in [2.24, 2.45) is 0 Å². The van der Waals surface area contributed by atoms with E-state index in [0.29, 0.717) is 0 Å². The Labute approximate surface area is 50.5 Å². The molecule has 0 aromatic carbocycles. The zero-order valence-corrected chi connectivity index (χ0v) is 4.64. The highest BCUT2D eigenvalue weighted by Crippen LogP contribution is 1.88. The predicted molar refractivity (Wildman–Crippen MR) is 24.7 cm³/mol. The van der Waals surface area contributed by atoms with Crippen LogP contribution in [0.3, 0.4) is 0 Å². The van der Waals surface area contributed by atoms with Crippen molar-refractivity contribution in [2.45, 2.75) is 13.2 Å². The van der Waals surface area contributed by atoms with E-state index in [9.17, 15) is 14.9 Å². The third-order valence-corrected chi connectivity index (χ3v) is 0.482. The summed E-state index contributed by atoms with van der Waals surface area (Å²) < 4.78 is 4.01. The van der Waals surface area contributed by atoms with Crippen LogP contribution in [0.1, 0.15) is 6.92 Å². The Morgan fingerprint density at radius 2 is 2.33 bits per heavy atom. The van der Waals surface area contributed by atoms with Crippen molar-refractivity contribution in [2.75, 3.05) is 0 Å². The van der Waals surface area contributed by atoms with Gasteiger partial charge in [0.1, 0.15) is 0 Å². The van der Waals surface area contributed by atoms with Gasteiger partial charge >= 0.3 is 0 Å². The molecule has 0 aliphatic heterocycles. The fraction of sp³-hybridized carbons (Fsp3) is 0.667. The molecule has 6 heteroatoms. The van der Waals surface area contributed by atoms with Gasteiger partial charge in [-0.05, 0) is 6.92 Å². The molecule has 0 aliphatic carbocycles. The molecule has 0 heterocycles. The van der Waals surface area contributed by atoms with Crippen molar-refractivity contribution in [1.82, 2.24) is 0 Å². The number of carbonyl (C=O) groups is 1. The molecule has 0 rings (SSSR count). The molecule has 1 atom stereocenters. The SMILES string of the molecule is CC(OC=O)O[N+](=O)[O-]. The van der Waals surface area contributed by atoms with Gasteiger partial charge in [-0.15, -0.1) is 10.1 Å². The summed E-state index contributed by atoms with van der Waals surface area (Å²) in [6, 6.07) is 0. The van der Waals surface area contributed by atoms with Crippen LogP contribution >= 0.6 is 0 Å². The van der Waals surface area contributed by atoms with Crippen LogP contribution in [0, 0.1) is 10.1 Å². The second-order valence-electron chi connectivity index (χ2n) is 1.13. The summed E-state index contributed by atoms with van der Waals surface area (Å²) in [4.78, 5) is 22.7. The molecule has 0 saturated carbocycles. The molecule has 0 spiro atoms. The first-order valence-corrected chi connectivity index (χ1v) is 2.07. The summed E-state index contributed by atoms with van der Waals surface area (Å²) in [6.45, 7) is 1.31. The average Bonchev–Trinajstić information content (AvgIpc) is 1.63. The smallest absolute Gasteiger partial charge is 0.298 e. The molecule has 0 aromatic heterocycles. The van der Waals surface area contributed by atoms with Crippen LogP contribution in [-0.4, -0.2) is 17.8 Å². The summed E-state index contributed by atoms with van der Waals surface area (Å²) in [5, 5.41) is 8.44. The maximum absolute atomic E-state index is 9.47. The average molecular weight is 135 g/mol. The van der Waals surface area contributed by atoms with Crippen LogP contribution in [-0.2, 0) is 14.4 Å². The van der Waals surface area contributed by atoms with Crippen LogP contribution in [0.15, 0.2) is 0 Å². The summed E-state index contributed by atoms with van der Waals surface area (Å²) in [6.07, 6.45) is -1.13. The van der Waals surface area contributed by atoms with Crippen molar-refractivity contribution in [3.63, 3.8) is 0 Å². The molecular formula is C3H5NO5. The zero-order chi connectivity index (χ0) is 7.28. The number of rotatable bonds is 4. The Hall–Kier alpha value is -1.33. The van der Waals surface area contributed by atoms with E-state index in [1.165, 1.54) is 6.92 Å². The second-order valence-corrected chi connectivity index (χ2v) is 1.13. The largest absolute Gasteiger partial charge is 0.438 e. The third-order valence-electron chi connectivity index (χ3n) is 0.482. The van der Waals surface area contributed by atoms with Gasteiger partial charge in [0.2, 0.25) is 6.29 Å². The maximum atomic E-state index is 9.47. The summed E-state index contributed by atoms with van der Waals surface area (Å²) >= 11 is 0. The molecule has 52 valence electrons. The van der Waals surface area contributed by atoms with Crippen molar-refractivity contribution in [1.29, 1.82) is 0 Å². The molecule has 0 radical (unpaired) electrons. The third kappa shape index (κ3) is 4.52. The highest BCUT2D eigenvalue weighted by atomic mass is 17.0. The van der Waals surface area contributed by atoms with Gasteiger partial charge in [-0.3, -0.25) is 9.63 Å². The Bertz CT molecular complexity index is 113. The predicted octanol–water partition coefficient (Wildman–Crippen LogP) is -0.286. The van der Waals surface area contributed by atoms with Crippen molar-refractivity contribution < 1.29 is 19.5 Å². The molecule has 0 aliphatic rings. The van der Waals surface area contributed by atoms with Crippen molar-refractivity contribution in [3.8, 4) is 0 Å². The quantitative estimate of drug-likeness (QED) is 0.229. The molecule has 1 unspecified atom stereocenters. The standard InChI is InChI=1S/C3H5NO5/c1-3(8-2-5)9-4(6)7/h2-3H,1H3. The van der Waals surface area contributed by atoms with Gasteiger partial charge in [-0.1, -0.05) is 0 Å². The molecule has 0 saturated heterocycles. The first-order chi connectivity index (χ1) is 4.16. The van der Waals surface area contributed by atoms with Crippen molar-refractivity contribution >= 4 is 6.47 Å². The molecule has 0 fully saturated rings. The molecule has 0 aromatic rings. The van der Waals surface area contributed by atoms with E-state index in [1.54, 1.807) is 0 Å². The van der Waals surface area contributed by atoms with Gasteiger partial charge < -0.3 is 4.74 Å². The van der Waals surface area contributed by atoms with Crippen LogP contribution in [0.2, 0.25) is 0 Å². The van der Waals surface area contributed by atoms with E-state index in [-0.39, 0.29) is 6.47 Å². The minimum Gasteiger partial charge on any atom is -0.438 e. The van der Waals surface area contributed by atoms with E-state index in [0.717, 1.165) is 0 Å². The molecule has 0 amide bonds. The van der Waals surface area contributed by atoms with E-state index in [1.807, 2.05) is 0 Å². The van der Waals surface area contributed by atoms with Crippen LogP contribution in [0.25, 0.3) is 0 Å². The number of carbonyl (C=O) groups excluding carboxylic acids is 1. The summed E-state index contributed by atoms with van der Waals surface area (Å²) in [5.41, 5.74) is 0. The summed E-state index contributed by atoms with van der Waals surface area (Å²) in [5.74, 6) is 0. The Kier molecular flexibility index (Phi) is 3.11. The zero-order valence-electron chi connectivity index (χ0n) is 4.64. The molecule has 0 bridgehead atoms. The Morgan fingerprint density at radius 3 is 2.67 bits per heavy atom. The van der Waals surface area contributed by atoms with Crippen LogP contribution < -0.4 is 0 Å². The monoisotopic (exact) mass is 135 g/mol. The first-order valence-electron chi connectivity index (χ1n) is 2.07.